The predicted octanol–water partition coefficient (Wildman–Crippen LogP) is 0.589. The maximum absolute atomic E-state index is 10.4. The number of ether oxygens (including phenoxy) is 1. The lowest BCUT2D eigenvalue weighted by atomic mass is 10.2. The Kier molecular flexibility index (Phi) is 3.03. The van der Waals surface area contributed by atoms with Crippen molar-refractivity contribution in [3.8, 4) is 5.88 Å². The summed E-state index contributed by atoms with van der Waals surface area (Å²) in [7, 11) is 1.52. The van der Waals surface area contributed by atoms with Gasteiger partial charge in [0.05, 0.1) is 7.11 Å². The van der Waals surface area contributed by atoms with Gasteiger partial charge in [-0.2, -0.15) is 0 Å². The van der Waals surface area contributed by atoms with Crippen LogP contribution in [0.4, 0.5) is 0 Å². The molecule has 0 saturated carbocycles. The Hall–Kier alpha value is -1.84. The first kappa shape index (κ1) is 9.25. The summed E-state index contributed by atoms with van der Waals surface area (Å²) in [5.41, 5.74) is 5.67. The highest BCUT2D eigenvalue weighted by molar-refractivity contribution is 5.90. The normalized spacial score (nSPS) is 10.2. The fraction of sp³-hybridized carbons (Fsp3) is 0.111. The molecule has 0 radical (unpaired) electrons. The Morgan fingerprint density at radius 3 is 3.08 bits per heavy atom. The molecular formula is C9H10N2O2. The van der Waals surface area contributed by atoms with Crippen molar-refractivity contribution in [2.24, 2.45) is 5.73 Å². The molecule has 0 fully saturated rings. The van der Waals surface area contributed by atoms with Crippen molar-refractivity contribution >= 4 is 12.0 Å². The van der Waals surface area contributed by atoms with E-state index in [4.69, 9.17) is 10.5 Å². The molecule has 13 heavy (non-hydrogen) atoms. The summed E-state index contributed by atoms with van der Waals surface area (Å²) in [5, 5.41) is 0. The number of amides is 1. The molecule has 0 atom stereocenters. The Bertz CT molecular complexity index is 334. The summed E-state index contributed by atoms with van der Waals surface area (Å²) >= 11 is 0. The number of aromatic nitrogens is 1. The molecule has 0 spiro atoms. The molecule has 2 N–H and O–H groups in total. The zero-order chi connectivity index (χ0) is 9.68. The molecule has 1 aromatic rings. The zero-order valence-corrected chi connectivity index (χ0v) is 7.23. The number of hydrogen-bond acceptors (Lipinski definition) is 3. The minimum absolute atomic E-state index is 0.472. The maximum Gasteiger partial charge on any atom is 0.241 e. The second kappa shape index (κ2) is 4.25. The Morgan fingerprint density at radius 1 is 1.69 bits per heavy atom. The van der Waals surface area contributed by atoms with E-state index in [-0.39, 0.29) is 0 Å². The van der Waals surface area contributed by atoms with E-state index in [1.54, 1.807) is 24.4 Å². The van der Waals surface area contributed by atoms with E-state index < -0.39 is 5.91 Å². The topological polar surface area (TPSA) is 65.2 Å². The second-order valence-electron chi connectivity index (χ2n) is 2.34. The Morgan fingerprint density at radius 2 is 2.46 bits per heavy atom. The standard InChI is InChI=1S/C9H10N2O2/c1-13-9-7(3-2-6-11-9)4-5-8(10)12/h2-6H,1H3,(H2,10,12)/b5-4+. The Balaban J connectivity index is 2.93. The molecule has 0 aromatic carbocycles. The van der Waals surface area contributed by atoms with Crippen LogP contribution in [-0.2, 0) is 4.79 Å². The highest BCUT2D eigenvalue weighted by Gasteiger charge is 1.98. The number of carbonyl (C=O) groups is 1. The van der Waals surface area contributed by atoms with Crippen LogP contribution in [0, 0.1) is 0 Å². The van der Waals surface area contributed by atoms with E-state index in [0.717, 1.165) is 5.56 Å². The van der Waals surface area contributed by atoms with Crippen molar-refractivity contribution in [3.05, 3.63) is 30.0 Å². The molecule has 0 aliphatic carbocycles. The predicted molar refractivity (Wildman–Crippen MR) is 49.0 cm³/mol. The van der Waals surface area contributed by atoms with Gasteiger partial charge in [0, 0.05) is 17.8 Å². The fourth-order valence-electron chi connectivity index (χ4n) is 0.873. The van der Waals surface area contributed by atoms with Gasteiger partial charge in [-0.15, -0.1) is 0 Å². The first-order valence-electron chi connectivity index (χ1n) is 3.70. The maximum atomic E-state index is 10.4. The smallest absolute Gasteiger partial charge is 0.241 e. The number of carbonyl (C=O) groups excluding carboxylic acids is 1. The fourth-order valence-corrected chi connectivity index (χ4v) is 0.873. The van der Waals surface area contributed by atoms with Gasteiger partial charge in [0.15, 0.2) is 0 Å². The molecule has 1 amide bonds. The number of methoxy groups -OCH3 is 1. The van der Waals surface area contributed by atoms with Crippen LogP contribution in [0.3, 0.4) is 0 Å². The quantitative estimate of drug-likeness (QED) is 0.689. The summed E-state index contributed by atoms with van der Waals surface area (Å²) in [6.07, 6.45) is 4.44. The van der Waals surface area contributed by atoms with Crippen LogP contribution in [0.5, 0.6) is 5.88 Å². The molecule has 0 unspecified atom stereocenters. The average molecular weight is 178 g/mol. The number of nitrogens with zero attached hydrogens (tertiary/aromatic N) is 1. The van der Waals surface area contributed by atoms with Crippen LogP contribution >= 0.6 is 0 Å². The average Bonchev–Trinajstić information content (AvgIpc) is 2.15. The lowest BCUT2D eigenvalue weighted by Gasteiger charge is -2.00. The van der Waals surface area contributed by atoms with Gasteiger partial charge in [-0.25, -0.2) is 4.98 Å². The van der Waals surface area contributed by atoms with Crippen molar-refractivity contribution < 1.29 is 9.53 Å². The number of primary amides is 1. The highest BCUT2D eigenvalue weighted by Crippen LogP contribution is 2.14. The van der Waals surface area contributed by atoms with Crippen molar-refractivity contribution in [2.75, 3.05) is 7.11 Å². The van der Waals surface area contributed by atoms with Gasteiger partial charge in [0.2, 0.25) is 11.8 Å². The second-order valence-corrected chi connectivity index (χ2v) is 2.34. The number of rotatable bonds is 3. The van der Waals surface area contributed by atoms with E-state index in [1.165, 1.54) is 13.2 Å². The number of hydrogen-bond donors (Lipinski definition) is 1. The van der Waals surface area contributed by atoms with Gasteiger partial charge in [0.1, 0.15) is 0 Å². The monoisotopic (exact) mass is 178 g/mol. The summed E-state index contributed by atoms with van der Waals surface area (Å²) < 4.78 is 4.96. The van der Waals surface area contributed by atoms with Crippen molar-refractivity contribution in [2.45, 2.75) is 0 Å². The minimum atomic E-state index is -0.495. The van der Waals surface area contributed by atoms with E-state index in [0.29, 0.717) is 5.88 Å². The van der Waals surface area contributed by atoms with Crippen LogP contribution < -0.4 is 10.5 Å². The lowest BCUT2D eigenvalue weighted by Crippen LogP contribution is -2.05. The van der Waals surface area contributed by atoms with E-state index in [1.807, 2.05) is 0 Å². The van der Waals surface area contributed by atoms with Crippen LogP contribution in [0.15, 0.2) is 24.4 Å². The molecular weight excluding hydrogens is 168 g/mol. The largest absolute Gasteiger partial charge is 0.481 e. The van der Waals surface area contributed by atoms with E-state index >= 15 is 0 Å². The third kappa shape index (κ3) is 2.59. The summed E-state index contributed by atoms with van der Waals surface area (Å²) in [6, 6.07) is 3.54. The van der Waals surface area contributed by atoms with E-state index in [2.05, 4.69) is 4.98 Å². The van der Waals surface area contributed by atoms with Crippen molar-refractivity contribution in [1.82, 2.24) is 4.98 Å². The molecule has 0 bridgehead atoms. The molecule has 0 aliphatic heterocycles. The third-order valence-corrected chi connectivity index (χ3v) is 1.42. The van der Waals surface area contributed by atoms with Gasteiger partial charge in [0.25, 0.3) is 0 Å². The van der Waals surface area contributed by atoms with E-state index in [9.17, 15) is 4.79 Å². The number of pyridine rings is 1. The molecule has 4 nitrogen and oxygen atoms in total. The van der Waals surface area contributed by atoms with Gasteiger partial charge < -0.3 is 10.5 Å². The van der Waals surface area contributed by atoms with Crippen molar-refractivity contribution in [3.63, 3.8) is 0 Å². The molecule has 68 valence electrons. The van der Waals surface area contributed by atoms with Crippen LogP contribution in [0.2, 0.25) is 0 Å². The van der Waals surface area contributed by atoms with Crippen LogP contribution in [-0.4, -0.2) is 18.0 Å². The van der Waals surface area contributed by atoms with Gasteiger partial charge in [-0.05, 0) is 18.2 Å². The molecule has 1 rings (SSSR count). The zero-order valence-electron chi connectivity index (χ0n) is 7.23. The highest BCUT2D eigenvalue weighted by atomic mass is 16.5. The minimum Gasteiger partial charge on any atom is -0.481 e. The summed E-state index contributed by atoms with van der Waals surface area (Å²) in [5.74, 6) is -0.0223. The first-order valence-corrected chi connectivity index (χ1v) is 3.70. The van der Waals surface area contributed by atoms with Gasteiger partial charge in [-0.1, -0.05) is 0 Å². The first-order chi connectivity index (χ1) is 6.24. The SMILES string of the molecule is COc1ncccc1/C=C/C(N)=O. The van der Waals surface area contributed by atoms with Crippen LogP contribution in [0.1, 0.15) is 5.56 Å². The van der Waals surface area contributed by atoms with Gasteiger partial charge >= 0.3 is 0 Å². The van der Waals surface area contributed by atoms with Crippen molar-refractivity contribution in [1.29, 1.82) is 0 Å². The van der Waals surface area contributed by atoms with Gasteiger partial charge in [-0.3, -0.25) is 4.79 Å². The van der Waals surface area contributed by atoms with Crippen LogP contribution in [0.25, 0.3) is 6.08 Å². The molecule has 4 heteroatoms. The molecule has 0 saturated heterocycles. The molecule has 1 heterocycles. The third-order valence-electron chi connectivity index (χ3n) is 1.42. The molecule has 1 aromatic heterocycles. The molecule has 0 aliphatic rings. The summed E-state index contributed by atoms with van der Waals surface area (Å²) in [4.78, 5) is 14.4. The Labute approximate surface area is 76.0 Å². The summed E-state index contributed by atoms with van der Waals surface area (Å²) in [6.45, 7) is 0. The lowest BCUT2D eigenvalue weighted by molar-refractivity contribution is -0.113. The number of nitrogens with two attached hydrogens (primary N) is 1.